The number of ether oxygens (including phenoxy) is 4. The fourth-order valence-corrected chi connectivity index (χ4v) is 5.93. The smallest absolute Gasteiger partial charge is 0.256 e. The van der Waals surface area contributed by atoms with Crippen LogP contribution in [0.2, 0.25) is 0 Å². The van der Waals surface area contributed by atoms with Crippen molar-refractivity contribution in [3.8, 4) is 23.0 Å². The van der Waals surface area contributed by atoms with Gasteiger partial charge in [-0.1, -0.05) is 44.2 Å². The first-order valence-corrected chi connectivity index (χ1v) is 16.1. The summed E-state index contributed by atoms with van der Waals surface area (Å²) in [6.45, 7) is 8.75. The van der Waals surface area contributed by atoms with Crippen molar-refractivity contribution in [1.29, 1.82) is 0 Å². The van der Waals surface area contributed by atoms with Crippen molar-refractivity contribution in [3.63, 3.8) is 0 Å². The molecule has 0 bridgehead atoms. The summed E-state index contributed by atoms with van der Waals surface area (Å²) in [7, 11) is 3.10. The highest BCUT2D eigenvalue weighted by Gasteiger charge is 2.27. The quantitative estimate of drug-likeness (QED) is 0.0677. The van der Waals surface area contributed by atoms with Crippen molar-refractivity contribution < 1.29 is 28.5 Å². The summed E-state index contributed by atoms with van der Waals surface area (Å²) in [6, 6.07) is 16.7. The van der Waals surface area contributed by atoms with E-state index in [1.807, 2.05) is 63.4 Å². The van der Waals surface area contributed by atoms with Gasteiger partial charge < -0.3 is 23.8 Å². The lowest BCUT2D eigenvalue weighted by molar-refractivity contribution is 0.0738. The minimum atomic E-state index is -0.0938. The van der Waals surface area contributed by atoms with Crippen LogP contribution >= 0.6 is 0 Å². The molecule has 0 aliphatic carbocycles. The molecule has 1 unspecified atom stereocenters. The van der Waals surface area contributed by atoms with Crippen LogP contribution in [0.3, 0.4) is 0 Å². The van der Waals surface area contributed by atoms with Crippen molar-refractivity contribution in [1.82, 2.24) is 15.2 Å². The molecule has 5 rings (SSSR count). The monoisotopic (exact) mass is 650 g/mol. The zero-order valence-corrected chi connectivity index (χ0v) is 28.3. The van der Waals surface area contributed by atoms with E-state index in [1.165, 1.54) is 7.11 Å². The third kappa shape index (κ3) is 7.18. The van der Waals surface area contributed by atoms with Crippen LogP contribution in [0.1, 0.15) is 64.7 Å². The van der Waals surface area contributed by atoms with Crippen LogP contribution in [0.5, 0.6) is 23.0 Å². The Morgan fingerprint density at radius 3 is 2.38 bits per heavy atom. The highest BCUT2D eigenvalue weighted by molar-refractivity contribution is 6.10. The van der Waals surface area contributed by atoms with Gasteiger partial charge in [-0.3, -0.25) is 24.9 Å². The van der Waals surface area contributed by atoms with Crippen LogP contribution < -0.4 is 24.3 Å². The van der Waals surface area contributed by atoms with E-state index in [2.05, 4.69) is 22.2 Å². The summed E-state index contributed by atoms with van der Waals surface area (Å²) < 4.78 is 22.9. The largest absolute Gasteiger partial charge is 0.493 e. The molecule has 1 amide bonds. The molecule has 2 heterocycles. The predicted octanol–water partition coefficient (Wildman–Crippen LogP) is 6.94. The molecule has 10 heteroatoms. The van der Waals surface area contributed by atoms with Gasteiger partial charge in [-0.25, -0.2) is 0 Å². The standard InChI is InChI=1S/C38H42N4O6/c1-7-26-21-40-31-20-36(35(46-6)19-29(31)38(44)42(26)9-3)48-23-39-22-47-33-17-15-25(18-34(33)45-5)14-16-32(43)37-24(4)41-30-13-11-10-12-28(30)27(37)8-2/h10-21,26,39H,7-9,22-23H2,1-6H3/b16-14+. The number of para-hydroxylation sites is 1. The van der Waals surface area contributed by atoms with E-state index in [0.29, 0.717) is 46.4 Å². The van der Waals surface area contributed by atoms with Crippen LogP contribution in [-0.4, -0.2) is 68.1 Å². The number of carbonyl (C=O) groups is 2. The highest BCUT2D eigenvalue weighted by Crippen LogP contribution is 2.37. The zero-order chi connectivity index (χ0) is 34.2. The number of aromatic nitrogens is 1. The number of amides is 1. The number of nitrogens with zero attached hydrogens (tertiary/aromatic N) is 3. The van der Waals surface area contributed by atoms with Crippen LogP contribution in [0.25, 0.3) is 17.0 Å². The van der Waals surface area contributed by atoms with Crippen LogP contribution in [0.4, 0.5) is 5.69 Å². The van der Waals surface area contributed by atoms with Gasteiger partial charge in [0.2, 0.25) is 0 Å². The molecular weight excluding hydrogens is 608 g/mol. The van der Waals surface area contributed by atoms with E-state index in [1.54, 1.807) is 42.4 Å². The Balaban J connectivity index is 1.21. The molecule has 48 heavy (non-hydrogen) atoms. The first-order valence-electron chi connectivity index (χ1n) is 16.1. The fraction of sp³-hybridized carbons (Fsp3) is 0.316. The Hall–Kier alpha value is -5.22. The van der Waals surface area contributed by atoms with Gasteiger partial charge in [0.15, 0.2) is 28.8 Å². The second kappa shape index (κ2) is 15.6. The number of methoxy groups -OCH3 is 2. The fourth-order valence-electron chi connectivity index (χ4n) is 5.93. The molecule has 4 aromatic rings. The molecular formula is C38H42N4O6. The number of ketones is 1. The second-order valence-electron chi connectivity index (χ2n) is 11.2. The summed E-state index contributed by atoms with van der Waals surface area (Å²) in [5.41, 5.74) is 5.06. The SMILES string of the molecule is CCc1c(C(=O)/C=C/c2ccc(OCNCOc3cc4c(cc3OC)C(=O)N(CC)C(CC)C=N4)c(OC)c2)c(C)nc2ccccc12. The lowest BCUT2D eigenvalue weighted by atomic mass is 9.95. The second-order valence-corrected chi connectivity index (χ2v) is 11.2. The third-order valence-corrected chi connectivity index (χ3v) is 8.37. The Morgan fingerprint density at radius 2 is 1.67 bits per heavy atom. The number of nitrogens with one attached hydrogen (secondary N) is 1. The summed E-state index contributed by atoms with van der Waals surface area (Å²) in [4.78, 5) is 37.6. The van der Waals surface area contributed by atoms with Crippen LogP contribution in [0, 0.1) is 6.92 Å². The minimum absolute atomic E-state index is 0.0696. The van der Waals surface area contributed by atoms with Crippen molar-refractivity contribution in [2.45, 2.75) is 46.6 Å². The maximum absolute atomic E-state index is 13.3. The predicted molar refractivity (Wildman–Crippen MR) is 188 cm³/mol. The normalized spacial score (nSPS) is 14.2. The summed E-state index contributed by atoms with van der Waals surface area (Å²) in [5.74, 6) is 1.76. The van der Waals surface area contributed by atoms with Crippen molar-refractivity contribution in [3.05, 3.63) is 88.6 Å². The Kier molecular flexibility index (Phi) is 11.1. The van der Waals surface area contributed by atoms with Crippen molar-refractivity contribution in [2.75, 3.05) is 34.2 Å². The number of carbonyl (C=O) groups excluding carboxylic acids is 2. The molecule has 1 atom stereocenters. The Morgan fingerprint density at radius 1 is 0.938 bits per heavy atom. The van der Waals surface area contributed by atoms with Gasteiger partial charge in [-0.15, -0.1) is 0 Å². The van der Waals surface area contributed by atoms with E-state index in [4.69, 9.17) is 18.9 Å². The summed E-state index contributed by atoms with van der Waals surface area (Å²) >= 11 is 0. The van der Waals surface area contributed by atoms with E-state index in [0.717, 1.165) is 40.6 Å². The average Bonchev–Trinajstić information content (AvgIpc) is 3.24. The van der Waals surface area contributed by atoms with Crippen molar-refractivity contribution in [2.24, 2.45) is 4.99 Å². The molecule has 0 fully saturated rings. The first-order chi connectivity index (χ1) is 23.3. The van der Waals surface area contributed by atoms with Gasteiger partial charge in [0, 0.05) is 35.5 Å². The van der Waals surface area contributed by atoms with E-state index in [-0.39, 0.29) is 31.2 Å². The first kappa shape index (κ1) is 34.1. The van der Waals surface area contributed by atoms with E-state index >= 15 is 0 Å². The topological polar surface area (TPSA) is 112 Å². The molecule has 0 radical (unpaired) electrons. The number of aryl methyl sites for hydroxylation is 2. The zero-order valence-electron chi connectivity index (χ0n) is 28.3. The van der Waals surface area contributed by atoms with Gasteiger partial charge in [0.1, 0.15) is 13.5 Å². The highest BCUT2D eigenvalue weighted by atomic mass is 16.5. The Bertz CT molecular complexity index is 1870. The van der Waals surface area contributed by atoms with Crippen LogP contribution in [-0.2, 0) is 6.42 Å². The lowest BCUT2D eigenvalue weighted by Crippen LogP contribution is -2.39. The molecule has 1 aliphatic rings. The number of hydrogen-bond donors (Lipinski definition) is 1. The molecule has 0 saturated carbocycles. The van der Waals surface area contributed by atoms with Gasteiger partial charge in [0.25, 0.3) is 5.91 Å². The summed E-state index contributed by atoms with van der Waals surface area (Å²) in [5, 5.41) is 4.09. The third-order valence-electron chi connectivity index (χ3n) is 8.37. The number of rotatable bonds is 14. The molecule has 1 aliphatic heterocycles. The van der Waals surface area contributed by atoms with Gasteiger partial charge in [0.05, 0.1) is 37.0 Å². The summed E-state index contributed by atoms with van der Waals surface area (Å²) in [6.07, 6.45) is 6.66. The van der Waals surface area contributed by atoms with E-state index in [9.17, 15) is 9.59 Å². The number of fused-ring (bicyclic) bond motifs is 2. The number of benzene rings is 3. The number of allylic oxidation sites excluding steroid dienone is 1. The Labute approximate surface area is 281 Å². The number of pyridine rings is 1. The number of aliphatic imine (C=N–C) groups is 1. The molecule has 3 aromatic carbocycles. The van der Waals surface area contributed by atoms with Crippen LogP contribution in [0.15, 0.2) is 65.7 Å². The molecule has 0 spiro atoms. The van der Waals surface area contributed by atoms with Gasteiger partial charge in [-0.2, -0.15) is 0 Å². The molecule has 250 valence electrons. The van der Waals surface area contributed by atoms with Crippen molar-refractivity contribution >= 4 is 40.6 Å². The van der Waals surface area contributed by atoms with Gasteiger partial charge in [-0.05, 0) is 68.2 Å². The molecule has 1 N–H and O–H groups in total. The average molecular weight is 651 g/mol. The maximum atomic E-state index is 13.3. The molecule has 0 saturated heterocycles. The van der Waals surface area contributed by atoms with E-state index < -0.39 is 0 Å². The lowest BCUT2D eigenvalue weighted by Gasteiger charge is -2.26. The van der Waals surface area contributed by atoms with Gasteiger partial charge >= 0.3 is 0 Å². The minimum Gasteiger partial charge on any atom is -0.493 e. The molecule has 10 nitrogen and oxygen atoms in total. The number of hydrogen-bond acceptors (Lipinski definition) is 9. The maximum Gasteiger partial charge on any atom is 0.256 e. The molecule has 1 aromatic heterocycles.